The summed E-state index contributed by atoms with van der Waals surface area (Å²) in [6.45, 7) is 2.22. The summed E-state index contributed by atoms with van der Waals surface area (Å²) in [5, 5.41) is 0. The van der Waals surface area contributed by atoms with Gasteiger partial charge in [-0.15, -0.1) is 0 Å². The first-order valence-electron chi connectivity index (χ1n) is 8.87. The van der Waals surface area contributed by atoms with Crippen LogP contribution in [0.3, 0.4) is 0 Å². The van der Waals surface area contributed by atoms with Gasteiger partial charge in [0.1, 0.15) is 5.76 Å². The summed E-state index contributed by atoms with van der Waals surface area (Å²) in [5.74, 6) is 0.370. The van der Waals surface area contributed by atoms with Crippen LogP contribution in [0.5, 0.6) is 0 Å². The van der Waals surface area contributed by atoms with Gasteiger partial charge in [-0.05, 0) is 55.5 Å². The number of benzene rings is 2. The standard InChI is InChI=1S/C21H22N2O5S/c1-16-6-10-18(11-7-16)23(15-19-5-4-14-28-19)21(24)17-8-12-20(13-9-17)29(25,26)22(2)27-3/h4-14H,15H2,1-3H3. The topological polar surface area (TPSA) is 80.1 Å². The van der Waals surface area contributed by atoms with E-state index in [-0.39, 0.29) is 17.3 Å². The van der Waals surface area contributed by atoms with Gasteiger partial charge in [0, 0.05) is 18.3 Å². The summed E-state index contributed by atoms with van der Waals surface area (Å²) < 4.78 is 30.8. The molecule has 1 heterocycles. The minimum atomic E-state index is -3.78. The van der Waals surface area contributed by atoms with Crippen LogP contribution >= 0.6 is 0 Å². The van der Waals surface area contributed by atoms with Crippen LogP contribution in [0.4, 0.5) is 5.69 Å². The number of sulfonamides is 1. The molecule has 0 N–H and O–H groups in total. The Labute approximate surface area is 170 Å². The van der Waals surface area contributed by atoms with Crippen molar-refractivity contribution in [2.24, 2.45) is 0 Å². The van der Waals surface area contributed by atoms with Gasteiger partial charge >= 0.3 is 0 Å². The number of rotatable bonds is 7. The minimum Gasteiger partial charge on any atom is -0.467 e. The van der Waals surface area contributed by atoms with Gasteiger partial charge in [0.25, 0.3) is 15.9 Å². The molecule has 0 spiro atoms. The number of anilines is 1. The molecule has 0 atom stereocenters. The van der Waals surface area contributed by atoms with E-state index in [1.54, 1.807) is 23.3 Å². The number of carbonyl (C=O) groups excluding carboxylic acids is 1. The summed E-state index contributed by atoms with van der Waals surface area (Å²) in [6.07, 6.45) is 1.55. The number of hydroxylamine groups is 1. The van der Waals surface area contributed by atoms with Crippen molar-refractivity contribution in [3.05, 3.63) is 83.8 Å². The van der Waals surface area contributed by atoms with Crippen molar-refractivity contribution in [2.45, 2.75) is 18.4 Å². The second-order valence-electron chi connectivity index (χ2n) is 6.43. The molecule has 0 bridgehead atoms. The first-order chi connectivity index (χ1) is 13.8. The molecule has 1 aromatic heterocycles. The Morgan fingerprint density at radius 2 is 1.69 bits per heavy atom. The highest BCUT2D eigenvalue weighted by Crippen LogP contribution is 2.22. The number of nitrogens with zero attached hydrogens (tertiary/aromatic N) is 2. The molecule has 0 fully saturated rings. The lowest BCUT2D eigenvalue weighted by molar-refractivity contribution is -0.0258. The molecule has 152 valence electrons. The van der Waals surface area contributed by atoms with E-state index in [9.17, 15) is 13.2 Å². The highest BCUT2D eigenvalue weighted by Gasteiger charge is 2.23. The summed E-state index contributed by atoms with van der Waals surface area (Å²) >= 11 is 0. The zero-order chi connectivity index (χ0) is 21.0. The Morgan fingerprint density at radius 1 is 1.03 bits per heavy atom. The maximum Gasteiger partial charge on any atom is 0.264 e. The summed E-state index contributed by atoms with van der Waals surface area (Å²) in [7, 11) is -1.21. The van der Waals surface area contributed by atoms with E-state index in [0.717, 1.165) is 10.0 Å². The van der Waals surface area contributed by atoms with Gasteiger partial charge in [-0.3, -0.25) is 9.63 Å². The number of amides is 1. The number of furan rings is 1. The number of carbonyl (C=O) groups is 1. The molecule has 0 unspecified atom stereocenters. The van der Waals surface area contributed by atoms with Gasteiger partial charge in [-0.25, -0.2) is 8.42 Å². The third-order valence-electron chi connectivity index (χ3n) is 4.48. The highest BCUT2D eigenvalue weighted by atomic mass is 32.2. The van der Waals surface area contributed by atoms with Crippen molar-refractivity contribution in [3.63, 3.8) is 0 Å². The van der Waals surface area contributed by atoms with E-state index in [4.69, 9.17) is 9.25 Å². The van der Waals surface area contributed by atoms with E-state index < -0.39 is 10.0 Å². The predicted molar refractivity (Wildman–Crippen MR) is 109 cm³/mol. The average Bonchev–Trinajstić information content (AvgIpc) is 3.25. The van der Waals surface area contributed by atoms with E-state index in [1.165, 1.54) is 38.4 Å². The van der Waals surface area contributed by atoms with Crippen LogP contribution in [0.2, 0.25) is 0 Å². The number of hydrogen-bond donors (Lipinski definition) is 0. The smallest absolute Gasteiger partial charge is 0.264 e. The zero-order valence-electron chi connectivity index (χ0n) is 16.4. The largest absolute Gasteiger partial charge is 0.467 e. The molecule has 0 saturated heterocycles. The van der Waals surface area contributed by atoms with Gasteiger partial charge in [0.2, 0.25) is 0 Å². The van der Waals surface area contributed by atoms with E-state index in [0.29, 0.717) is 17.0 Å². The first kappa shape index (κ1) is 20.8. The second-order valence-corrected chi connectivity index (χ2v) is 8.36. The first-order valence-corrected chi connectivity index (χ1v) is 10.3. The lowest BCUT2D eigenvalue weighted by Crippen LogP contribution is -2.30. The quantitative estimate of drug-likeness (QED) is 0.552. The van der Waals surface area contributed by atoms with E-state index >= 15 is 0 Å². The van der Waals surface area contributed by atoms with Gasteiger partial charge < -0.3 is 9.32 Å². The monoisotopic (exact) mass is 414 g/mol. The molecule has 8 heteroatoms. The molecular weight excluding hydrogens is 392 g/mol. The molecule has 0 aliphatic carbocycles. The molecule has 0 radical (unpaired) electrons. The van der Waals surface area contributed by atoms with E-state index in [2.05, 4.69) is 0 Å². The van der Waals surface area contributed by atoms with Gasteiger partial charge in [-0.2, -0.15) is 0 Å². The fraction of sp³-hybridized carbons (Fsp3) is 0.190. The molecule has 7 nitrogen and oxygen atoms in total. The van der Waals surface area contributed by atoms with Crippen molar-refractivity contribution >= 4 is 21.6 Å². The Hall–Kier alpha value is -2.94. The van der Waals surface area contributed by atoms with Crippen LogP contribution in [0, 0.1) is 6.92 Å². The molecular formula is C21H22N2O5S. The van der Waals surface area contributed by atoms with Crippen LogP contribution in [-0.2, 0) is 21.4 Å². The van der Waals surface area contributed by atoms with Crippen LogP contribution in [0.1, 0.15) is 21.7 Å². The lowest BCUT2D eigenvalue weighted by atomic mass is 10.1. The Bertz CT molecular complexity index is 1060. The van der Waals surface area contributed by atoms with Gasteiger partial charge in [-0.1, -0.05) is 22.2 Å². The number of aryl methyl sites for hydroxylation is 1. The van der Waals surface area contributed by atoms with Crippen LogP contribution in [0.15, 0.2) is 76.2 Å². The van der Waals surface area contributed by atoms with Crippen molar-refractivity contribution < 1.29 is 22.5 Å². The maximum atomic E-state index is 13.2. The summed E-state index contributed by atoms with van der Waals surface area (Å²) in [6, 6.07) is 16.9. The predicted octanol–water partition coefficient (Wildman–Crippen LogP) is 3.62. The van der Waals surface area contributed by atoms with Crippen molar-refractivity contribution in [2.75, 3.05) is 19.1 Å². The normalized spacial score (nSPS) is 11.6. The SMILES string of the molecule is CON(C)S(=O)(=O)c1ccc(C(=O)N(Cc2ccco2)c2ccc(C)cc2)cc1. The zero-order valence-corrected chi connectivity index (χ0v) is 17.2. The summed E-state index contributed by atoms with van der Waals surface area (Å²) in [5.41, 5.74) is 2.15. The fourth-order valence-corrected chi connectivity index (χ4v) is 3.71. The fourth-order valence-electron chi connectivity index (χ4n) is 2.74. The third-order valence-corrected chi connectivity index (χ3v) is 6.17. The van der Waals surface area contributed by atoms with Crippen molar-refractivity contribution in [1.29, 1.82) is 0 Å². The molecule has 0 aliphatic rings. The third kappa shape index (κ3) is 4.56. The molecule has 3 aromatic rings. The van der Waals surface area contributed by atoms with Crippen molar-refractivity contribution in [1.82, 2.24) is 4.47 Å². The lowest BCUT2D eigenvalue weighted by Gasteiger charge is -2.22. The molecule has 2 aromatic carbocycles. The molecule has 3 rings (SSSR count). The highest BCUT2D eigenvalue weighted by molar-refractivity contribution is 7.89. The molecule has 29 heavy (non-hydrogen) atoms. The number of hydrogen-bond acceptors (Lipinski definition) is 5. The average molecular weight is 414 g/mol. The minimum absolute atomic E-state index is 0.0336. The van der Waals surface area contributed by atoms with Crippen molar-refractivity contribution in [3.8, 4) is 0 Å². The molecule has 1 amide bonds. The maximum absolute atomic E-state index is 13.2. The Balaban J connectivity index is 1.92. The summed E-state index contributed by atoms with van der Waals surface area (Å²) in [4.78, 5) is 19.6. The van der Waals surface area contributed by atoms with Crippen LogP contribution in [0.25, 0.3) is 0 Å². The molecule has 0 aliphatic heterocycles. The molecule has 0 saturated carbocycles. The van der Waals surface area contributed by atoms with E-state index in [1.807, 2.05) is 31.2 Å². The van der Waals surface area contributed by atoms with Gasteiger partial charge in [0.05, 0.1) is 24.8 Å². The second kappa shape index (κ2) is 8.60. The Kier molecular flexibility index (Phi) is 6.17. The van der Waals surface area contributed by atoms with Gasteiger partial charge in [0.15, 0.2) is 0 Å². The van der Waals surface area contributed by atoms with Crippen LogP contribution < -0.4 is 4.90 Å². The van der Waals surface area contributed by atoms with Crippen LogP contribution in [-0.4, -0.2) is 33.0 Å². The Morgan fingerprint density at radius 3 is 2.24 bits per heavy atom.